The van der Waals surface area contributed by atoms with E-state index in [1.54, 1.807) is 6.33 Å². The number of fused-ring (bicyclic) bond motifs is 1. The summed E-state index contributed by atoms with van der Waals surface area (Å²) in [5, 5.41) is 8.92. The summed E-state index contributed by atoms with van der Waals surface area (Å²) in [5.41, 5.74) is 8.52. The third-order valence-corrected chi connectivity index (χ3v) is 3.40. The van der Waals surface area contributed by atoms with Crippen LogP contribution in [0.15, 0.2) is 43.0 Å². The molecule has 0 radical (unpaired) electrons. The molecule has 3 N–H and O–H groups in total. The second-order valence-electron chi connectivity index (χ2n) is 5.00. The number of carboxylic acid groups (broad SMARTS) is 1. The number of hydrogen-bond acceptors (Lipinski definition) is 5. The van der Waals surface area contributed by atoms with Gasteiger partial charge in [0, 0.05) is 6.42 Å². The Labute approximate surface area is 138 Å². The molecule has 3 rings (SSSR count). The summed E-state index contributed by atoms with van der Waals surface area (Å²) in [6.45, 7) is 0.638. The minimum atomic E-state index is -1.06. The van der Waals surface area contributed by atoms with Gasteiger partial charge in [0.25, 0.3) is 0 Å². The number of halogens is 1. The first-order chi connectivity index (χ1) is 10.6. The minimum Gasteiger partial charge on any atom is -0.480 e. The molecule has 2 aromatic heterocycles. The van der Waals surface area contributed by atoms with E-state index in [4.69, 9.17) is 10.8 Å². The lowest BCUT2D eigenvalue weighted by atomic mass is 10.1. The van der Waals surface area contributed by atoms with Crippen molar-refractivity contribution in [3.8, 4) is 0 Å². The van der Waals surface area contributed by atoms with Gasteiger partial charge in [-0.25, -0.2) is 15.0 Å². The lowest BCUT2D eigenvalue weighted by Crippen LogP contribution is -2.32. The summed E-state index contributed by atoms with van der Waals surface area (Å²) in [6.07, 6.45) is 3.22. The summed E-state index contributed by atoms with van der Waals surface area (Å²) >= 11 is 0. The predicted molar refractivity (Wildman–Crippen MR) is 87.4 cm³/mol. The Bertz CT molecular complexity index is 806. The number of nitrogens with zero attached hydrogens (tertiary/aromatic N) is 4. The number of carbonyl (C=O) groups is 1. The Morgan fingerprint density at radius 3 is 2.65 bits per heavy atom. The van der Waals surface area contributed by atoms with Crippen LogP contribution in [-0.2, 0) is 17.8 Å². The molecule has 8 heteroatoms. The average Bonchev–Trinajstić information content (AvgIpc) is 2.92. The van der Waals surface area contributed by atoms with Gasteiger partial charge in [-0.1, -0.05) is 30.3 Å². The number of benzene rings is 1. The highest BCUT2D eigenvalue weighted by Gasteiger charge is 2.17. The molecule has 120 valence electrons. The zero-order chi connectivity index (χ0) is 15.5. The minimum absolute atomic E-state index is 0. The third-order valence-electron chi connectivity index (χ3n) is 3.40. The number of aromatic nitrogens is 4. The first kappa shape index (κ1) is 16.9. The molecular weight excluding hydrogens is 318 g/mol. The summed E-state index contributed by atoms with van der Waals surface area (Å²) in [6, 6.07) is 8.95. The van der Waals surface area contributed by atoms with Crippen LogP contribution in [0.5, 0.6) is 0 Å². The fourth-order valence-electron chi connectivity index (χ4n) is 2.27. The molecule has 1 aromatic carbocycles. The van der Waals surface area contributed by atoms with Gasteiger partial charge in [-0.05, 0) is 5.56 Å². The fourth-order valence-corrected chi connectivity index (χ4v) is 2.27. The van der Waals surface area contributed by atoms with Crippen LogP contribution in [0.3, 0.4) is 0 Å². The van der Waals surface area contributed by atoms with Crippen molar-refractivity contribution in [3.05, 3.63) is 54.2 Å². The average molecular weight is 334 g/mol. The molecule has 0 saturated heterocycles. The summed E-state index contributed by atoms with van der Waals surface area (Å²) in [7, 11) is 0. The van der Waals surface area contributed by atoms with Crippen molar-refractivity contribution in [1.82, 2.24) is 19.5 Å². The van der Waals surface area contributed by atoms with Gasteiger partial charge in [-0.2, -0.15) is 0 Å². The molecule has 0 aliphatic heterocycles. The molecule has 23 heavy (non-hydrogen) atoms. The van der Waals surface area contributed by atoms with Gasteiger partial charge in [0.2, 0.25) is 0 Å². The standard InChI is InChI=1S/C15H15N5O2.ClH/c16-11(15(21)22)6-12-13-14(18-8-17-12)20(9-19-13)7-10-4-2-1-3-5-10;/h1-5,8-9,11H,6-7,16H2,(H,21,22);1H. The van der Waals surface area contributed by atoms with Crippen LogP contribution in [0, 0.1) is 0 Å². The van der Waals surface area contributed by atoms with Crippen molar-refractivity contribution in [2.45, 2.75) is 19.0 Å². The number of aliphatic carboxylic acids is 1. The predicted octanol–water partition coefficient (Wildman–Crippen LogP) is 1.25. The van der Waals surface area contributed by atoms with E-state index in [0.29, 0.717) is 23.4 Å². The Morgan fingerprint density at radius 1 is 1.22 bits per heavy atom. The first-order valence-electron chi connectivity index (χ1n) is 6.82. The van der Waals surface area contributed by atoms with Crippen LogP contribution in [0.2, 0.25) is 0 Å². The van der Waals surface area contributed by atoms with Crippen molar-refractivity contribution < 1.29 is 9.90 Å². The van der Waals surface area contributed by atoms with Gasteiger partial charge in [0.1, 0.15) is 17.9 Å². The Balaban J connectivity index is 0.00000192. The normalized spacial score (nSPS) is 11.9. The molecule has 0 saturated carbocycles. The van der Waals surface area contributed by atoms with Crippen LogP contribution in [-0.4, -0.2) is 36.6 Å². The second-order valence-corrected chi connectivity index (χ2v) is 5.00. The van der Waals surface area contributed by atoms with Crippen molar-refractivity contribution in [3.63, 3.8) is 0 Å². The van der Waals surface area contributed by atoms with E-state index in [1.165, 1.54) is 6.33 Å². The Kier molecular flexibility index (Phi) is 5.25. The van der Waals surface area contributed by atoms with Gasteiger partial charge in [-0.15, -0.1) is 12.4 Å². The molecule has 3 aromatic rings. The fraction of sp³-hybridized carbons (Fsp3) is 0.200. The van der Waals surface area contributed by atoms with Crippen LogP contribution in [0.1, 0.15) is 11.3 Å². The van der Waals surface area contributed by atoms with E-state index in [1.807, 2.05) is 34.9 Å². The van der Waals surface area contributed by atoms with Gasteiger partial charge in [0.15, 0.2) is 5.65 Å². The number of hydrogen-bond donors (Lipinski definition) is 2. The van der Waals surface area contributed by atoms with Crippen molar-refractivity contribution in [2.75, 3.05) is 0 Å². The van der Waals surface area contributed by atoms with E-state index in [0.717, 1.165) is 5.56 Å². The SMILES string of the molecule is Cl.NC(Cc1ncnc2c1ncn2Cc1ccccc1)C(=O)O. The highest BCUT2D eigenvalue weighted by molar-refractivity contribution is 5.85. The maximum Gasteiger partial charge on any atom is 0.320 e. The van der Waals surface area contributed by atoms with Crippen molar-refractivity contribution in [1.29, 1.82) is 0 Å². The quantitative estimate of drug-likeness (QED) is 0.727. The molecule has 0 aliphatic rings. The molecule has 0 fully saturated rings. The number of rotatable bonds is 5. The maximum absolute atomic E-state index is 10.9. The molecule has 2 heterocycles. The molecule has 1 atom stereocenters. The van der Waals surface area contributed by atoms with Crippen LogP contribution in [0.4, 0.5) is 0 Å². The Morgan fingerprint density at radius 2 is 1.96 bits per heavy atom. The van der Waals surface area contributed by atoms with Crippen LogP contribution >= 0.6 is 12.4 Å². The van der Waals surface area contributed by atoms with Crippen molar-refractivity contribution >= 4 is 29.5 Å². The number of imidazole rings is 1. The zero-order valence-electron chi connectivity index (χ0n) is 12.2. The van der Waals surface area contributed by atoms with E-state index in [-0.39, 0.29) is 18.8 Å². The van der Waals surface area contributed by atoms with Gasteiger partial charge < -0.3 is 15.4 Å². The maximum atomic E-state index is 10.9. The van der Waals surface area contributed by atoms with Crippen LogP contribution in [0.25, 0.3) is 11.2 Å². The van der Waals surface area contributed by atoms with E-state index >= 15 is 0 Å². The van der Waals surface area contributed by atoms with E-state index in [9.17, 15) is 4.79 Å². The van der Waals surface area contributed by atoms with E-state index < -0.39 is 12.0 Å². The molecular formula is C15H16ClN5O2. The monoisotopic (exact) mass is 333 g/mol. The third kappa shape index (κ3) is 3.64. The highest BCUT2D eigenvalue weighted by Crippen LogP contribution is 2.15. The topological polar surface area (TPSA) is 107 Å². The molecule has 1 unspecified atom stereocenters. The second kappa shape index (κ2) is 7.17. The number of nitrogens with two attached hydrogens (primary N) is 1. The van der Waals surface area contributed by atoms with Gasteiger partial charge >= 0.3 is 5.97 Å². The largest absolute Gasteiger partial charge is 0.480 e. The lowest BCUT2D eigenvalue weighted by molar-refractivity contribution is -0.138. The summed E-state index contributed by atoms with van der Waals surface area (Å²) in [5.74, 6) is -1.06. The highest BCUT2D eigenvalue weighted by atomic mass is 35.5. The smallest absolute Gasteiger partial charge is 0.320 e. The Hall–Kier alpha value is -2.51. The van der Waals surface area contributed by atoms with E-state index in [2.05, 4.69) is 15.0 Å². The number of carboxylic acids is 1. The molecule has 7 nitrogen and oxygen atoms in total. The van der Waals surface area contributed by atoms with Gasteiger partial charge in [-0.3, -0.25) is 4.79 Å². The molecule has 0 amide bonds. The summed E-state index contributed by atoms with van der Waals surface area (Å²) < 4.78 is 1.90. The first-order valence-corrected chi connectivity index (χ1v) is 6.82. The lowest BCUT2D eigenvalue weighted by Gasteiger charge is -2.07. The molecule has 0 aliphatic carbocycles. The molecule has 0 bridgehead atoms. The molecule has 0 spiro atoms. The zero-order valence-corrected chi connectivity index (χ0v) is 13.0. The summed E-state index contributed by atoms with van der Waals surface area (Å²) in [4.78, 5) is 23.6. The van der Waals surface area contributed by atoms with Gasteiger partial charge in [0.05, 0.1) is 18.6 Å². The van der Waals surface area contributed by atoms with Crippen molar-refractivity contribution in [2.24, 2.45) is 5.73 Å². The van der Waals surface area contributed by atoms with Crippen LogP contribution < -0.4 is 5.73 Å².